The van der Waals surface area contributed by atoms with Gasteiger partial charge < -0.3 is 14.6 Å². The Labute approximate surface area is 140 Å². The molecule has 0 bridgehead atoms. The zero-order valence-electron chi connectivity index (χ0n) is 12.9. The van der Waals surface area contributed by atoms with Crippen molar-refractivity contribution in [2.24, 2.45) is 0 Å². The number of hydrogen-bond acceptors (Lipinski definition) is 4. The highest BCUT2D eigenvalue weighted by Gasteiger charge is 2.12. The number of halogens is 1. The van der Waals surface area contributed by atoms with E-state index in [4.69, 9.17) is 21.1 Å². The molecule has 0 aliphatic rings. The molecule has 2 rings (SSSR count). The highest BCUT2D eigenvalue weighted by Crippen LogP contribution is 2.29. The van der Waals surface area contributed by atoms with Crippen LogP contribution in [0.2, 0.25) is 5.02 Å². The lowest BCUT2D eigenvalue weighted by molar-refractivity contribution is -0.134. The Morgan fingerprint density at radius 3 is 2.61 bits per heavy atom. The molecule has 0 heterocycles. The number of carbonyl (C=O) groups is 1. The third-order valence-corrected chi connectivity index (χ3v) is 3.49. The number of carbonyl (C=O) groups excluding carboxylic acids is 1. The molecule has 0 saturated carbocycles. The molecule has 0 aliphatic carbocycles. The van der Waals surface area contributed by atoms with Crippen LogP contribution in [0, 0.1) is 0 Å². The first-order valence-electron chi connectivity index (χ1n) is 7.50. The second-order valence-electron chi connectivity index (χ2n) is 5.04. The van der Waals surface area contributed by atoms with Crippen LogP contribution >= 0.6 is 11.6 Å². The normalized spacial score (nSPS) is 10.3. The third-order valence-electron chi connectivity index (χ3n) is 3.20. The second-order valence-corrected chi connectivity index (χ2v) is 5.45. The smallest absolute Gasteiger partial charge is 0.311 e. The topological polar surface area (TPSA) is 55.8 Å². The van der Waals surface area contributed by atoms with Crippen LogP contribution in [0.25, 0.3) is 0 Å². The summed E-state index contributed by atoms with van der Waals surface area (Å²) in [4.78, 5) is 11.7. The van der Waals surface area contributed by atoms with Crippen LogP contribution in [0.4, 0.5) is 0 Å². The maximum atomic E-state index is 11.7. The van der Waals surface area contributed by atoms with Gasteiger partial charge in [0.15, 0.2) is 5.75 Å². The van der Waals surface area contributed by atoms with Crippen molar-refractivity contribution in [1.82, 2.24) is 0 Å². The molecule has 0 aliphatic heterocycles. The standard InChI is InChI=1S/C18H19ClO4/c1-2-4-17(21)23-18-13(5-3-6-16(18)19)11-12-22-15-9-7-14(20)8-10-15/h3,5-10,20H,2,4,11-12H2,1H3. The molecule has 0 saturated heterocycles. The second kappa shape index (κ2) is 8.44. The van der Waals surface area contributed by atoms with Crippen LogP contribution in [0.1, 0.15) is 25.3 Å². The summed E-state index contributed by atoms with van der Waals surface area (Å²) in [5, 5.41) is 9.65. The van der Waals surface area contributed by atoms with Crippen molar-refractivity contribution < 1.29 is 19.4 Å². The van der Waals surface area contributed by atoms with Gasteiger partial charge in [-0.05, 0) is 42.3 Å². The quantitative estimate of drug-likeness (QED) is 0.603. The van der Waals surface area contributed by atoms with Crippen LogP contribution < -0.4 is 9.47 Å². The monoisotopic (exact) mass is 334 g/mol. The molecular formula is C18H19ClO4. The minimum Gasteiger partial charge on any atom is -0.508 e. The van der Waals surface area contributed by atoms with Crippen LogP contribution in [-0.2, 0) is 11.2 Å². The van der Waals surface area contributed by atoms with Gasteiger partial charge >= 0.3 is 5.97 Å². The van der Waals surface area contributed by atoms with Crippen molar-refractivity contribution in [2.75, 3.05) is 6.61 Å². The summed E-state index contributed by atoms with van der Waals surface area (Å²) in [6.45, 7) is 2.32. The van der Waals surface area contributed by atoms with Gasteiger partial charge in [0.2, 0.25) is 0 Å². The minimum atomic E-state index is -0.290. The molecule has 0 unspecified atom stereocenters. The van der Waals surface area contributed by atoms with Crippen LogP contribution in [0.5, 0.6) is 17.2 Å². The van der Waals surface area contributed by atoms with E-state index < -0.39 is 0 Å². The van der Waals surface area contributed by atoms with E-state index >= 15 is 0 Å². The number of hydrogen-bond donors (Lipinski definition) is 1. The van der Waals surface area contributed by atoms with Gasteiger partial charge in [-0.15, -0.1) is 0 Å². The van der Waals surface area contributed by atoms with Gasteiger partial charge in [-0.25, -0.2) is 0 Å². The largest absolute Gasteiger partial charge is 0.508 e. The summed E-state index contributed by atoms with van der Waals surface area (Å²) >= 11 is 6.14. The fourth-order valence-electron chi connectivity index (χ4n) is 2.05. The highest BCUT2D eigenvalue weighted by molar-refractivity contribution is 6.32. The number of benzene rings is 2. The van der Waals surface area contributed by atoms with E-state index in [2.05, 4.69) is 0 Å². The van der Waals surface area contributed by atoms with E-state index in [1.165, 1.54) is 0 Å². The molecule has 5 heteroatoms. The molecule has 0 amide bonds. The molecule has 0 radical (unpaired) electrons. The van der Waals surface area contributed by atoms with Crippen molar-refractivity contribution in [3.8, 4) is 17.2 Å². The lowest BCUT2D eigenvalue weighted by Gasteiger charge is -2.12. The molecule has 0 aromatic heterocycles. The van der Waals surface area contributed by atoms with Crippen molar-refractivity contribution in [1.29, 1.82) is 0 Å². The molecule has 2 aromatic carbocycles. The number of aromatic hydroxyl groups is 1. The zero-order valence-corrected chi connectivity index (χ0v) is 13.7. The average Bonchev–Trinajstić information content (AvgIpc) is 2.52. The van der Waals surface area contributed by atoms with Gasteiger partial charge in [-0.3, -0.25) is 4.79 Å². The maximum absolute atomic E-state index is 11.7. The Bertz CT molecular complexity index is 653. The zero-order chi connectivity index (χ0) is 16.7. The van der Waals surface area contributed by atoms with E-state index in [-0.39, 0.29) is 11.7 Å². The van der Waals surface area contributed by atoms with Crippen molar-refractivity contribution in [3.05, 3.63) is 53.1 Å². The molecule has 0 atom stereocenters. The number of phenols is 1. The Hall–Kier alpha value is -2.20. The van der Waals surface area contributed by atoms with Crippen molar-refractivity contribution >= 4 is 17.6 Å². The summed E-state index contributed by atoms with van der Waals surface area (Å²) in [5.41, 5.74) is 0.820. The Balaban J connectivity index is 2.00. The molecular weight excluding hydrogens is 316 g/mol. The maximum Gasteiger partial charge on any atom is 0.311 e. The number of para-hydroxylation sites is 1. The minimum absolute atomic E-state index is 0.192. The first kappa shape index (κ1) is 17.2. The first-order chi connectivity index (χ1) is 11.1. The summed E-state index contributed by atoms with van der Waals surface area (Å²) in [6.07, 6.45) is 1.63. The van der Waals surface area contributed by atoms with Crippen LogP contribution in [0.3, 0.4) is 0 Å². The average molecular weight is 335 g/mol. The molecule has 122 valence electrons. The van der Waals surface area contributed by atoms with Gasteiger partial charge in [0.1, 0.15) is 11.5 Å². The van der Waals surface area contributed by atoms with Crippen LogP contribution in [0.15, 0.2) is 42.5 Å². The Kier molecular flexibility index (Phi) is 6.29. The van der Waals surface area contributed by atoms with Gasteiger partial charge in [0.05, 0.1) is 11.6 Å². The van der Waals surface area contributed by atoms with E-state index in [9.17, 15) is 9.90 Å². The van der Waals surface area contributed by atoms with Gasteiger partial charge in [-0.1, -0.05) is 30.7 Å². The van der Waals surface area contributed by atoms with Gasteiger partial charge in [0.25, 0.3) is 0 Å². The molecule has 2 aromatic rings. The Morgan fingerprint density at radius 1 is 1.17 bits per heavy atom. The lowest BCUT2D eigenvalue weighted by atomic mass is 10.1. The number of esters is 1. The number of phenolic OH excluding ortho intramolecular Hbond substituents is 1. The summed E-state index contributed by atoms with van der Waals surface area (Å²) < 4.78 is 11.0. The highest BCUT2D eigenvalue weighted by atomic mass is 35.5. The molecule has 4 nitrogen and oxygen atoms in total. The predicted molar refractivity (Wildman–Crippen MR) is 89.3 cm³/mol. The van der Waals surface area contributed by atoms with Gasteiger partial charge in [0, 0.05) is 12.8 Å². The number of rotatable bonds is 7. The predicted octanol–water partition coefficient (Wildman–Crippen LogP) is 4.37. The van der Waals surface area contributed by atoms with Crippen molar-refractivity contribution in [2.45, 2.75) is 26.2 Å². The number of ether oxygens (including phenoxy) is 2. The Morgan fingerprint density at radius 2 is 1.91 bits per heavy atom. The van der Waals surface area contributed by atoms with E-state index in [0.717, 1.165) is 12.0 Å². The molecule has 0 fully saturated rings. The SMILES string of the molecule is CCCC(=O)Oc1c(Cl)cccc1CCOc1ccc(O)cc1. The van der Waals surface area contributed by atoms with E-state index in [1.807, 2.05) is 19.1 Å². The first-order valence-corrected chi connectivity index (χ1v) is 7.88. The molecule has 23 heavy (non-hydrogen) atoms. The lowest BCUT2D eigenvalue weighted by Crippen LogP contribution is -2.10. The van der Waals surface area contributed by atoms with Crippen molar-refractivity contribution in [3.63, 3.8) is 0 Å². The van der Waals surface area contributed by atoms with Crippen LogP contribution in [-0.4, -0.2) is 17.7 Å². The molecule has 1 N–H and O–H groups in total. The fourth-order valence-corrected chi connectivity index (χ4v) is 2.29. The van der Waals surface area contributed by atoms with E-state index in [1.54, 1.807) is 30.3 Å². The van der Waals surface area contributed by atoms with Gasteiger partial charge in [-0.2, -0.15) is 0 Å². The third kappa shape index (κ3) is 5.18. The summed E-state index contributed by atoms with van der Waals surface area (Å²) in [6, 6.07) is 11.9. The fraction of sp³-hybridized carbons (Fsp3) is 0.278. The summed E-state index contributed by atoms with van der Waals surface area (Å²) in [5.74, 6) is 0.967. The molecule has 0 spiro atoms. The van der Waals surface area contributed by atoms with E-state index in [0.29, 0.717) is 36.0 Å². The summed E-state index contributed by atoms with van der Waals surface area (Å²) in [7, 11) is 0.